The molecule has 0 spiro atoms. The average molecular weight is 364 g/mol. The van der Waals surface area contributed by atoms with E-state index in [2.05, 4.69) is 36.4 Å². The maximum absolute atomic E-state index is 12.1. The summed E-state index contributed by atoms with van der Waals surface area (Å²) in [6, 6.07) is 12.8. The number of carbonyl (C=O) groups is 1. The first kappa shape index (κ1) is 18.1. The molecule has 3 atom stereocenters. The van der Waals surface area contributed by atoms with Crippen molar-refractivity contribution in [3.05, 3.63) is 58.7 Å². The van der Waals surface area contributed by atoms with Gasteiger partial charge in [0, 0.05) is 0 Å². The molecule has 3 nitrogen and oxygen atoms in total. The molecule has 142 valence electrons. The molecule has 0 N–H and O–H groups in total. The highest BCUT2D eigenvalue weighted by atomic mass is 16.5. The minimum Gasteiger partial charge on any atom is -0.497 e. The molecule has 0 bridgehead atoms. The second-order valence-electron chi connectivity index (χ2n) is 7.95. The van der Waals surface area contributed by atoms with Gasteiger partial charge < -0.3 is 9.47 Å². The normalized spacial score (nSPS) is 23.9. The molecule has 1 saturated carbocycles. The molecule has 0 saturated heterocycles. The molecule has 0 aromatic heterocycles. The summed E-state index contributed by atoms with van der Waals surface area (Å²) >= 11 is 0. The first-order valence-corrected chi connectivity index (χ1v) is 9.98. The molecule has 3 unspecified atom stereocenters. The smallest absolute Gasteiger partial charge is 0.163 e. The Morgan fingerprint density at radius 1 is 0.963 bits per heavy atom. The quantitative estimate of drug-likeness (QED) is 0.670. The average Bonchev–Trinajstić information content (AvgIpc) is 2.72. The summed E-state index contributed by atoms with van der Waals surface area (Å²) < 4.78 is 10.9. The van der Waals surface area contributed by atoms with Crippen LogP contribution in [0.5, 0.6) is 11.5 Å². The van der Waals surface area contributed by atoms with Crippen molar-refractivity contribution < 1.29 is 14.3 Å². The zero-order valence-electron chi connectivity index (χ0n) is 16.5. The number of ketones is 1. The highest BCUT2D eigenvalue weighted by molar-refractivity contribution is 5.97. The van der Waals surface area contributed by atoms with Crippen LogP contribution in [0.25, 0.3) is 0 Å². The predicted octanol–water partition coefficient (Wildman–Crippen LogP) is 5.52. The van der Waals surface area contributed by atoms with Gasteiger partial charge in [0.15, 0.2) is 5.78 Å². The van der Waals surface area contributed by atoms with E-state index >= 15 is 0 Å². The zero-order valence-corrected chi connectivity index (χ0v) is 16.5. The molecule has 1 fully saturated rings. The van der Waals surface area contributed by atoms with Gasteiger partial charge in [-0.1, -0.05) is 25.0 Å². The largest absolute Gasteiger partial charge is 0.497 e. The number of Topliss-reactive ketones (excluding diaryl/α,β-unsaturated/α-hetero) is 1. The fourth-order valence-corrected chi connectivity index (χ4v) is 5.24. The number of benzene rings is 2. The van der Waals surface area contributed by atoms with E-state index < -0.39 is 0 Å². The molecule has 4 rings (SSSR count). The van der Waals surface area contributed by atoms with Crippen LogP contribution < -0.4 is 9.47 Å². The second-order valence-corrected chi connectivity index (χ2v) is 7.95. The number of methoxy groups -OCH3 is 2. The van der Waals surface area contributed by atoms with Gasteiger partial charge in [0.1, 0.15) is 11.5 Å². The van der Waals surface area contributed by atoms with Crippen molar-refractivity contribution in [2.45, 2.75) is 50.9 Å². The van der Waals surface area contributed by atoms with Gasteiger partial charge in [-0.15, -0.1) is 0 Å². The van der Waals surface area contributed by atoms with Crippen molar-refractivity contribution in [3.8, 4) is 11.5 Å². The van der Waals surface area contributed by atoms with E-state index in [0.717, 1.165) is 17.9 Å². The SMILES string of the molecule is COc1ccc(C2Cc3cc(C(C)=O)c(OC)cc3C3CCCCC23)cc1. The summed E-state index contributed by atoms with van der Waals surface area (Å²) in [5, 5.41) is 0. The highest BCUT2D eigenvalue weighted by Gasteiger charge is 2.39. The first-order valence-electron chi connectivity index (χ1n) is 9.98. The van der Waals surface area contributed by atoms with E-state index in [-0.39, 0.29) is 5.78 Å². The number of carbonyl (C=O) groups excluding carboxylic acids is 1. The van der Waals surface area contributed by atoms with E-state index in [1.807, 2.05) is 0 Å². The van der Waals surface area contributed by atoms with Crippen LogP contribution in [-0.4, -0.2) is 20.0 Å². The highest BCUT2D eigenvalue weighted by Crippen LogP contribution is 2.52. The summed E-state index contributed by atoms with van der Waals surface area (Å²) in [4.78, 5) is 12.1. The van der Waals surface area contributed by atoms with Crippen LogP contribution in [0.1, 0.15) is 71.5 Å². The minimum atomic E-state index is 0.0708. The van der Waals surface area contributed by atoms with Gasteiger partial charge in [-0.3, -0.25) is 4.79 Å². The van der Waals surface area contributed by atoms with Crippen molar-refractivity contribution >= 4 is 5.78 Å². The summed E-state index contributed by atoms with van der Waals surface area (Å²) in [5.41, 5.74) is 4.83. The number of hydrogen-bond donors (Lipinski definition) is 0. The van der Waals surface area contributed by atoms with Crippen molar-refractivity contribution in [1.29, 1.82) is 0 Å². The molecule has 2 aliphatic carbocycles. The Balaban J connectivity index is 1.78. The lowest BCUT2D eigenvalue weighted by Crippen LogP contribution is -2.31. The lowest BCUT2D eigenvalue weighted by atomic mass is 9.61. The molecule has 2 aliphatic rings. The molecule has 0 amide bonds. The number of fused-ring (bicyclic) bond motifs is 3. The third-order valence-electron chi connectivity index (χ3n) is 6.56. The van der Waals surface area contributed by atoms with Gasteiger partial charge >= 0.3 is 0 Å². The summed E-state index contributed by atoms with van der Waals surface area (Å²) in [5.74, 6) is 3.42. The summed E-state index contributed by atoms with van der Waals surface area (Å²) in [6.07, 6.45) is 6.09. The van der Waals surface area contributed by atoms with Crippen LogP contribution in [-0.2, 0) is 6.42 Å². The maximum atomic E-state index is 12.1. The molecule has 2 aromatic carbocycles. The van der Waals surface area contributed by atoms with Crippen LogP contribution in [0, 0.1) is 5.92 Å². The minimum absolute atomic E-state index is 0.0708. The van der Waals surface area contributed by atoms with Crippen molar-refractivity contribution in [3.63, 3.8) is 0 Å². The molecule has 27 heavy (non-hydrogen) atoms. The second kappa shape index (κ2) is 7.38. The molecular formula is C24H28O3. The monoisotopic (exact) mass is 364 g/mol. The first-order chi connectivity index (χ1) is 13.1. The molecule has 3 heteroatoms. The van der Waals surface area contributed by atoms with E-state index in [0.29, 0.717) is 23.3 Å². The van der Waals surface area contributed by atoms with E-state index in [9.17, 15) is 4.79 Å². The Morgan fingerprint density at radius 3 is 2.37 bits per heavy atom. The zero-order chi connectivity index (χ0) is 19.0. The van der Waals surface area contributed by atoms with Crippen molar-refractivity contribution in [2.75, 3.05) is 14.2 Å². The number of hydrogen-bond acceptors (Lipinski definition) is 3. The Bertz CT molecular complexity index is 837. The van der Waals surface area contributed by atoms with Crippen molar-refractivity contribution in [2.24, 2.45) is 5.92 Å². The van der Waals surface area contributed by atoms with Gasteiger partial charge in [0.25, 0.3) is 0 Å². The number of ether oxygens (including phenoxy) is 2. The van der Waals surface area contributed by atoms with Crippen molar-refractivity contribution in [1.82, 2.24) is 0 Å². The molecule has 2 aromatic rings. The topological polar surface area (TPSA) is 35.5 Å². The van der Waals surface area contributed by atoms with Gasteiger partial charge in [-0.25, -0.2) is 0 Å². The number of rotatable bonds is 4. The van der Waals surface area contributed by atoms with E-state index in [1.54, 1.807) is 21.1 Å². The van der Waals surface area contributed by atoms with Crippen LogP contribution in [0.2, 0.25) is 0 Å². The lowest BCUT2D eigenvalue weighted by molar-refractivity contribution is 0.101. The van der Waals surface area contributed by atoms with Crippen LogP contribution in [0.15, 0.2) is 36.4 Å². The van der Waals surface area contributed by atoms with Crippen LogP contribution in [0.3, 0.4) is 0 Å². The standard InChI is InChI=1S/C24H28O3/c1-15(25)21-12-17-13-22(16-8-10-18(26-2)11-9-16)19-6-4-5-7-20(19)23(17)14-24(21)27-3/h8-12,14,19-20,22H,4-7,13H2,1-3H3. The summed E-state index contributed by atoms with van der Waals surface area (Å²) in [7, 11) is 3.37. The predicted molar refractivity (Wildman–Crippen MR) is 107 cm³/mol. The van der Waals surface area contributed by atoms with Gasteiger partial charge in [-0.05, 0) is 84.9 Å². The fraction of sp³-hybridized carbons (Fsp3) is 0.458. The third-order valence-corrected chi connectivity index (χ3v) is 6.56. The molecular weight excluding hydrogens is 336 g/mol. The van der Waals surface area contributed by atoms with Gasteiger partial charge in [0.2, 0.25) is 0 Å². The molecule has 0 aliphatic heterocycles. The van der Waals surface area contributed by atoms with E-state index in [1.165, 1.54) is 42.4 Å². The van der Waals surface area contributed by atoms with Crippen LogP contribution >= 0.6 is 0 Å². The van der Waals surface area contributed by atoms with Gasteiger partial charge in [-0.2, -0.15) is 0 Å². The Kier molecular flexibility index (Phi) is 4.94. The van der Waals surface area contributed by atoms with Gasteiger partial charge in [0.05, 0.1) is 19.8 Å². The maximum Gasteiger partial charge on any atom is 0.163 e. The summed E-state index contributed by atoms with van der Waals surface area (Å²) in [6.45, 7) is 1.62. The molecule has 0 radical (unpaired) electrons. The Morgan fingerprint density at radius 2 is 1.70 bits per heavy atom. The van der Waals surface area contributed by atoms with Crippen LogP contribution in [0.4, 0.5) is 0 Å². The lowest BCUT2D eigenvalue weighted by Gasteiger charge is -2.43. The van der Waals surface area contributed by atoms with E-state index in [4.69, 9.17) is 9.47 Å². The third kappa shape index (κ3) is 3.24. The Labute approximate surface area is 161 Å². The fourth-order valence-electron chi connectivity index (χ4n) is 5.24. The molecule has 0 heterocycles. The Hall–Kier alpha value is -2.29.